The Kier molecular flexibility index (Phi) is 5.32. The standard InChI is InChI=1S/C13H18N2O3/c1-2-11(13(17)18)15-12(16)10-6-4-3-5-9(10)7-8-14/h3-6,11H,2,7-8,14H2,1H3,(H,15,16)(H,17,18)/t11-/m0/s1. The van der Waals surface area contributed by atoms with Gasteiger partial charge in [0.15, 0.2) is 0 Å². The molecule has 0 unspecified atom stereocenters. The van der Waals surface area contributed by atoms with Crippen molar-refractivity contribution in [3.8, 4) is 0 Å². The first-order valence-corrected chi connectivity index (χ1v) is 5.91. The molecule has 0 fully saturated rings. The van der Waals surface area contributed by atoms with Crippen LogP contribution in [0.25, 0.3) is 0 Å². The van der Waals surface area contributed by atoms with Gasteiger partial charge in [-0.05, 0) is 31.0 Å². The van der Waals surface area contributed by atoms with E-state index in [9.17, 15) is 9.59 Å². The molecule has 0 spiro atoms. The molecule has 0 aliphatic heterocycles. The van der Waals surface area contributed by atoms with Crippen LogP contribution in [-0.4, -0.2) is 29.6 Å². The summed E-state index contributed by atoms with van der Waals surface area (Å²) < 4.78 is 0. The first-order chi connectivity index (χ1) is 8.60. The van der Waals surface area contributed by atoms with E-state index in [1.807, 2.05) is 12.1 Å². The molecule has 1 aromatic rings. The summed E-state index contributed by atoms with van der Waals surface area (Å²) in [6.07, 6.45) is 0.938. The zero-order valence-corrected chi connectivity index (χ0v) is 10.3. The van der Waals surface area contributed by atoms with Crippen molar-refractivity contribution < 1.29 is 14.7 Å². The molecule has 4 N–H and O–H groups in total. The Morgan fingerprint density at radius 2 is 2.06 bits per heavy atom. The highest BCUT2D eigenvalue weighted by Crippen LogP contribution is 2.09. The van der Waals surface area contributed by atoms with Crippen LogP contribution in [0.4, 0.5) is 0 Å². The van der Waals surface area contributed by atoms with Crippen LogP contribution < -0.4 is 11.1 Å². The first kappa shape index (κ1) is 14.2. The minimum Gasteiger partial charge on any atom is -0.480 e. The lowest BCUT2D eigenvalue weighted by Crippen LogP contribution is -2.40. The Balaban J connectivity index is 2.86. The lowest BCUT2D eigenvalue weighted by atomic mass is 10.0. The van der Waals surface area contributed by atoms with Crippen LogP contribution in [0.2, 0.25) is 0 Å². The van der Waals surface area contributed by atoms with Crippen molar-refractivity contribution >= 4 is 11.9 Å². The van der Waals surface area contributed by atoms with E-state index in [-0.39, 0.29) is 5.91 Å². The summed E-state index contributed by atoms with van der Waals surface area (Å²) in [6, 6.07) is 6.22. The van der Waals surface area contributed by atoms with Crippen LogP contribution in [0.3, 0.4) is 0 Å². The maximum atomic E-state index is 12.0. The molecular formula is C13H18N2O3. The summed E-state index contributed by atoms with van der Waals surface area (Å²) in [4.78, 5) is 22.9. The van der Waals surface area contributed by atoms with Gasteiger partial charge >= 0.3 is 5.97 Å². The average Bonchev–Trinajstić information content (AvgIpc) is 2.36. The number of carbonyl (C=O) groups excluding carboxylic acids is 1. The molecule has 5 nitrogen and oxygen atoms in total. The number of carboxylic acid groups (broad SMARTS) is 1. The maximum absolute atomic E-state index is 12.0. The molecule has 0 radical (unpaired) electrons. The van der Waals surface area contributed by atoms with E-state index in [1.165, 1.54) is 0 Å². The Hall–Kier alpha value is -1.88. The summed E-state index contributed by atoms with van der Waals surface area (Å²) in [5.41, 5.74) is 6.80. The number of nitrogens with one attached hydrogen (secondary N) is 1. The zero-order chi connectivity index (χ0) is 13.5. The van der Waals surface area contributed by atoms with Gasteiger partial charge in [-0.2, -0.15) is 0 Å². The molecule has 0 aromatic heterocycles. The summed E-state index contributed by atoms with van der Waals surface area (Å²) in [5.74, 6) is -1.39. The zero-order valence-electron chi connectivity index (χ0n) is 10.3. The van der Waals surface area contributed by atoms with Crippen LogP contribution in [0.1, 0.15) is 29.3 Å². The number of hydrogen-bond donors (Lipinski definition) is 3. The fourth-order valence-electron chi connectivity index (χ4n) is 1.69. The Morgan fingerprint density at radius 3 is 2.61 bits per heavy atom. The number of rotatable bonds is 6. The van der Waals surface area contributed by atoms with Gasteiger partial charge in [0, 0.05) is 5.56 Å². The molecule has 0 bridgehead atoms. The monoisotopic (exact) mass is 250 g/mol. The summed E-state index contributed by atoms with van der Waals surface area (Å²) in [7, 11) is 0. The maximum Gasteiger partial charge on any atom is 0.326 e. The van der Waals surface area contributed by atoms with Crippen LogP contribution >= 0.6 is 0 Å². The van der Waals surface area contributed by atoms with Crippen LogP contribution in [0, 0.1) is 0 Å². The molecule has 1 rings (SSSR count). The average molecular weight is 250 g/mol. The van der Waals surface area contributed by atoms with Gasteiger partial charge in [-0.3, -0.25) is 4.79 Å². The molecular weight excluding hydrogens is 232 g/mol. The van der Waals surface area contributed by atoms with Crippen molar-refractivity contribution in [2.45, 2.75) is 25.8 Å². The highest BCUT2D eigenvalue weighted by atomic mass is 16.4. The van der Waals surface area contributed by atoms with Crippen LogP contribution in [0.5, 0.6) is 0 Å². The molecule has 1 aromatic carbocycles. The molecule has 0 saturated heterocycles. The number of carbonyl (C=O) groups is 2. The molecule has 5 heteroatoms. The molecule has 1 amide bonds. The van der Waals surface area contributed by atoms with Gasteiger partial charge in [0.25, 0.3) is 5.91 Å². The van der Waals surface area contributed by atoms with Gasteiger partial charge in [-0.15, -0.1) is 0 Å². The smallest absolute Gasteiger partial charge is 0.326 e. The van der Waals surface area contributed by atoms with E-state index in [0.29, 0.717) is 24.9 Å². The van der Waals surface area contributed by atoms with Crippen molar-refractivity contribution in [1.82, 2.24) is 5.32 Å². The van der Waals surface area contributed by atoms with E-state index in [2.05, 4.69) is 5.32 Å². The predicted octanol–water partition coefficient (Wildman–Crippen LogP) is 0.781. The van der Waals surface area contributed by atoms with Gasteiger partial charge < -0.3 is 16.2 Å². The normalized spacial score (nSPS) is 11.9. The Bertz CT molecular complexity index is 432. The fraction of sp³-hybridized carbons (Fsp3) is 0.385. The topological polar surface area (TPSA) is 92.4 Å². The van der Waals surface area contributed by atoms with Crippen molar-refractivity contribution in [2.75, 3.05) is 6.54 Å². The highest BCUT2D eigenvalue weighted by Gasteiger charge is 2.19. The molecule has 0 aliphatic rings. The van der Waals surface area contributed by atoms with E-state index >= 15 is 0 Å². The van der Waals surface area contributed by atoms with Crippen molar-refractivity contribution in [1.29, 1.82) is 0 Å². The number of nitrogens with two attached hydrogens (primary N) is 1. The van der Waals surface area contributed by atoms with E-state index in [4.69, 9.17) is 10.8 Å². The number of aliphatic carboxylic acids is 1. The Morgan fingerprint density at radius 1 is 1.39 bits per heavy atom. The van der Waals surface area contributed by atoms with Gasteiger partial charge in [-0.25, -0.2) is 4.79 Å². The van der Waals surface area contributed by atoms with Gasteiger partial charge in [-0.1, -0.05) is 25.1 Å². The quantitative estimate of drug-likeness (QED) is 0.695. The van der Waals surface area contributed by atoms with Crippen LogP contribution in [-0.2, 0) is 11.2 Å². The Labute approximate surface area is 106 Å². The van der Waals surface area contributed by atoms with Crippen LogP contribution in [0.15, 0.2) is 24.3 Å². The lowest BCUT2D eigenvalue weighted by molar-refractivity contribution is -0.139. The first-order valence-electron chi connectivity index (χ1n) is 5.91. The van der Waals surface area contributed by atoms with Gasteiger partial charge in [0.1, 0.15) is 6.04 Å². The van der Waals surface area contributed by atoms with Crippen molar-refractivity contribution in [2.24, 2.45) is 5.73 Å². The lowest BCUT2D eigenvalue weighted by Gasteiger charge is -2.14. The number of amides is 1. The SMILES string of the molecule is CC[C@H](NC(=O)c1ccccc1CCN)C(=O)O. The largest absolute Gasteiger partial charge is 0.480 e. The predicted molar refractivity (Wildman–Crippen MR) is 68.4 cm³/mol. The van der Waals surface area contributed by atoms with Crippen molar-refractivity contribution in [3.05, 3.63) is 35.4 Å². The third kappa shape index (κ3) is 3.56. The molecule has 98 valence electrons. The number of hydrogen-bond acceptors (Lipinski definition) is 3. The number of benzene rings is 1. The molecule has 1 atom stereocenters. The van der Waals surface area contributed by atoms with E-state index in [0.717, 1.165) is 5.56 Å². The van der Waals surface area contributed by atoms with E-state index < -0.39 is 12.0 Å². The number of carboxylic acids is 1. The minimum absolute atomic E-state index is 0.347. The minimum atomic E-state index is -1.03. The van der Waals surface area contributed by atoms with Gasteiger partial charge in [0.2, 0.25) is 0 Å². The molecule has 0 saturated carbocycles. The van der Waals surface area contributed by atoms with Crippen molar-refractivity contribution in [3.63, 3.8) is 0 Å². The molecule has 0 heterocycles. The molecule has 0 aliphatic carbocycles. The fourth-order valence-corrected chi connectivity index (χ4v) is 1.69. The van der Waals surface area contributed by atoms with Gasteiger partial charge in [0.05, 0.1) is 0 Å². The highest BCUT2D eigenvalue weighted by molar-refractivity contribution is 5.97. The third-order valence-electron chi connectivity index (χ3n) is 2.69. The second kappa shape index (κ2) is 6.76. The third-order valence-corrected chi connectivity index (χ3v) is 2.69. The summed E-state index contributed by atoms with van der Waals surface area (Å²) >= 11 is 0. The van der Waals surface area contributed by atoms with E-state index in [1.54, 1.807) is 19.1 Å². The molecule has 18 heavy (non-hydrogen) atoms. The second-order valence-electron chi connectivity index (χ2n) is 3.97. The second-order valence-corrected chi connectivity index (χ2v) is 3.97. The summed E-state index contributed by atoms with van der Waals surface area (Å²) in [6.45, 7) is 2.16. The summed E-state index contributed by atoms with van der Waals surface area (Å²) in [5, 5.41) is 11.4.